The molecule has 0 aliphatic rings. The fourth-order valence-electron chi connectivity index (χ4n) is 10.1. The van der Waals surface area contributed by atoms with Gasteiger partial charge in [0, 0.05) is 72.0 Å². The zero-order valence-electron chi connectivity index (χ0n) is 34.8. The highest BCUT2D eigenvalue weighted by molar-refractivity contribution is 6.18. The summed E-state index contributed by atoms with van der Waals surface area (Å²) >= 11 is 0. The van der Waals surface area contributed by atoms with Gasteiger partial charge < -0.3 is 18.0 Å². The van der Waals surface area contributed by atoms with Gasteiger partial charge in [0.2, 0.25) is 0 Å². The maximum Gasteiger partial charge on any atom is 0.163 e. The Bertz CT molecular complexity index is 4160. The Morgan fingerprint density at radius 1 is 0.338 bits per heavy atom. The Labute approximate surface area is 371 Å². The molecule has 0 fully saturated rings. The van der Waals surface area contributed by atoms with Gasteiger partial charge in [0.15, 0.2) is 11.6 Å². The van der Waals surface area contributed by atoms with Gasteiger partial charge in [0.05, 0.1) is 22.1 Å². The van der Waals surface area contributed by atoms with E-state index in [4.69, 9.17) is 23.8 Å². The van der Waals surface area contributed by atoms with E-state index in [1.165, 1.54) is 0 Å². The van der Waals surface area contributed by atoms with Crippen molar-refractivity contribution in [2.45, 2.75) is 6.42 Å². The molecular formula is C58H35N5O2. The second kappa shape index (κ2) is 13.8. The van der Waals surface area contributed by atoms with Crippen LogP contribution < -0.4 is 0 Å². The fourth-order valence-corrected chi connectivity index (χ4v) is 10.1. The zero-order valence-corrected chi connectivity index (χ0v) is 34.8. The minimum Gasteiger partial charge on any atom is -0.456 e. The Kier molecular flexibility index (Phi) is 7.62. The van der Waals surface area contributed by atoms with E-state index in [9.17, 15) is 0 Å². The molecule has 0 amide bonds. The lowest BCUT2D eigenvalue weighted by Gasteiger charge is -2.17. The third kappa shape index (κ3) is 5.52. The van der Waals surface area contributed by atoms with Crippen LogP contribution in [0.4, 0.5) is 0 Å². The summed E-state index contributed by atoms with van der Waals surface area (Å²) in [4.78, 5) is 15.5. The molecule has 0 N–H and O–H groups in total. The largest absolute Gasteiger partial charge is 0.456 e. The van der Waals surface area contributed by atoms with E-state index in [1.54, 1.807) is 0 Å². The molecule has 0 radical (unpaired) electrons. The van der Waals surface area contributed by atoms with Gasteiger partial charge in [-0.25, -0.2) is 15.0 Å². The van der Waals surface area contributed by atoms with E-state index < -0.39 is 0 Å². The molecule has 0 spiro atoms. The summed E-state index contributed by atoms with van der Waals surface area (Å²) in [7, 11) is 0. The van der Waals surface area contributed by atoms with Crippen molar-refractivity contribution in [1.82, 2.24) is 24.1 Å². The summed E-state index contributed by atoms with van der Waals surface area (Å²) in [6.07, 6.45) is 0.435. The predicted molar refractivity (Wildman–Crippen MR) is 263 cm³/mol. The van der Waals surface area contributed by atoms with E-state index >= 15 is 0 Å². The second-order valence-corrected chi connectivity index (χ2v) is 16.8. The minimum absolute atomic E-state index is 0.435. The number of fused-ring (bicyclic) bond motifs is 12. The maximum absolute atomic E-state index is 6.45. The summed E-state index contributed by atoms with van der Waals surface area (Å²) in [5.74, 6) is 1.95. The van der Waals surface area contributed by atoms with Gasteiger partial charge in [-0.2, -0.15) is 0 Å². The number of aromatic nitrogens is 5. The quantitative estimate of drug-likeness (QED) is 0.167. The first-order valence-corrected chi connectivity index (χ1v) is 21.9. The average Bonchev–Trinajstić information content (AvgIpc) is 4.10. The van der Waals surface area contributed by atoms with Crippen LogP contribution in [-0.4, -0.2) is 24.1 Å². The minimum atomic E-state index is 0.435. The number of hydrogen-bond acceptors (Lipinski definition) is 5. The Morgan fingerprint density at radius 3 is 1.38 bits per heavy atom. The topological polar surface area (TPSA) is 74.8 Å². The lowest BCUT2D eigenvalue weighted by molar-refractivity contribution is 0.669. The third-order valence-corrected chi connectivity index (χ3v) is 13.0. The van der Waals surface area contributed by atoms with E-state index in [-0.39, 0.29) is 0 Å². The van der Waals surface area contributed by atoms with Crippen LogP contribution in [0.5, 0.6) is 0 Å². The molecule has 0 saturated heterocycles. The second-order valence-electron chi connectivity index (χ2n) is 16.8. The number of nitrogens with zero attached hydrogens (tertiary/aromatic N) is 5. The van der Waals surface area contributed by atoms with Gasteiger partial charge in [0.1, 0.15) is 28.2 Å². The molecule has 0 aliphatic carbocycles. The maximum atomic E-state index is 6.45. The summed E-state index contributed by atoms with van der Waals surface area (Å²) < 4.78 is 17.7. The summed E-state index contributed by atoms with van der Waals surface area (Å²) in [5, 5.41) is 8.92. The first-order chi connectivity index (χ1) is 32.2. The molecule has 7 heteroatoms. The van der Waals surface area contributed by atoms with Crippen LogP contribution in [0.3, 0.4) is 0 Å². The van der Waals surface area contributed by atoms with Crippen LogP contribution in [-0.2, 0) is 6.42 Å². The highest BCUT2D eigenvalue weighted by atomic mass is 16.3. The summed E-state index contributed by atoms with van der Waals surface area (Å²) in [6, 6.07) is 70.1. The molecule has 304 valence electrons. The molecule has 0 bridgehead atoms. The molecular weight excluding hydrogens is 799 g/mol. The highest BCUT2D eigenvalue weighted by Gasteiger charge is 2.22. The molecule has 5 heterocycles. The lowest BCUT2D eigenvalue weighted by Crippen LogP contribution is -2.08. The van der Waals surface area contributed by atoms with Crippen molar-refractivity contribution in [3.05, 3.63) is 212 Å². The number of para-hydroxylation sites is 4. The van der Waals surface area contributed by atoms with Crippen LogP contribution >= 0.6 is 0 Å². The average molecular weight is 834 g/mol. The van der Waals surface area contributed by atoms with Crippen molar-refractivity contribution in [3.8, 4) is 34.2 Å². The van der Waals surface area contributed by atoms with Crippen molar-refractivity contribution in [2.24, 2.45) is 0 Å². The normalized spacial score (nSPS) is 12.1. The molecule has 9 aromatic carbocycles. The molecule has 7 nitrogen and oxygen atoms in total. The fraction of sp³-hybridized carbons (Fsp3) is 0.0172. The molecule has 14 aromatic rings. The Balaban J connectivity index is 1.06. The SMILES string of the molecule is c1ccc(-c2nc(Cc3cc(-n4c5ccccc5c5cc6oc7ccccc7c6cc54)ccc3-n3c4ccccc4c4cc5oc6ccccc6c5cc43)nc(-c3ccccc3)n2)cc1. The highest BCUT2D eigenvalue weighted by Crippen LogP contribution is 2.42. The van der Waals surface area contributed by atoms with Gasteiger partial charge in [-0.05, 0) is 72.3 Å². The molecule has 0 aliphatic heterocycles. The van der Waals surface area contributed by atoms with Crippen molar-refractivity contribution >= 4 is 87.5 Å². The number of furan rings is 2. The molecule has 14 rings (SSSR count). The van der Waals surface area contributed by atoms with Gasteiger partial charge in [-0.3, -0.25) is 0 Å². The molecule has 65 heavy (non-hydrogen) atoms. The van der Waals surface area contributed by atoms with E-state index in [1.807, 2.05) is 60.7 Å². The van der Waals surface area contributed by atoms with E-state index in [0.717, 1.165) is 116 Å². The summed E-state index contributed by atoms with van der Waals surface area (Å²) in [6.45, 7) is 0. The van der Waals surface area contributed by atoms with E-state index in [0.29, 0.717) is 23.9 Å². The third-order valence-electron chi connectivity index (χ3n) is 13.0. The predicted octanol–water partition coefficient (Wildman–Crippen LogP) is 14.8. The molecule has 0 saturated carbocycles. The zero-order chi connectivity index (χ0) is 42.6. The van der Waals surface area contributed by atoms with Gasteiger partial charge >= 0.3 is 0 Å². The number of hydrogen-bond donors (Lipinski definition) is 0. The van der Waals surface area contributed by atoms with Gasteiger partial charge in [-0.15, -0.1) is 0 Å². The van der Waals surface area contributed by atoms with Crippen molar-refractivity contribution in [1.29, 1.82) is 0 Å². The standard InChI is InChI=1S/C58H35N5O2/c1-3-15-35(16-4-1)57-59-56(60-58(61-57)36-17-5-2-6-18-36)30-37-29-38(62-48-23-11-7-19-39(48)43-33-54-45(31-50(43)62)41-21-9-13-25-52(41)64-54)27-28-47(37)63-49-24-12-8-20-40(49)44-34-55-46(32-51(44)63)42-22-10-14-26-53(42)65-55/h1-29,31-34H,30H2. The van der Waals surface area contributed by atoms with Crippen molar-refractivity contribution < 1.29 is 8.83 Å². The van der Waals surface area contributed by atoms with E-state index in [2.05, 4.69) is 149 Å². The first-order valence-electron chi connectivity index (χ1n) is 21.9. The van der Waals surface area contributed by atoms with Crippen molar-refractivity contribution in [3.63, 3.8) is 0 Å². The van der Waals surface area contributed by atoms with Crippen molar-refractivity contribution in [2.75, 3.05) is 0 Å². The molecule has 0 atom stereocenters. The van der Waals surface area contributed by atoms with Crippen LogP contribution in [0.25, 0.3) is 122 Å². The molecule has 5 aromatic heterocycles. The first kappa shape index (κ1) is 35.8. The number of benzene rings is 9. The van der Waals surface area contributed by atoms with Gasteiger partial charge in [0.25, 0.3) is 0 Å². The smallest absolute Gasteiger partial charge is 0.163 e. The van der Waals surface area contributed by atoms with Crippen LogP contribution in [0.2, 0.25) is 0 Å². The summed E-state index contributed by atoms with van der Waals surface area (Å²) in [5.41, 5.74) is 12.9. The Hall–Kier alpha value is -8.81. The monoisotopic (exact) mass is 833 g/mol. The van der Waals surface area contributed by atoms with Gasteiger partial charge in [-0.1, -0.05) is 133 Å². The molecule has 0 unspecified atom stereocenters. The van der Waals surface area contributed by atoms with Crippen LogP contribution in [0, 0.1) is 0 Å². The Morgan fingerprint density at radius 2 is 0.815 bits per heavy atom. The lowest BCUT2D eigenvalue weighted by atomic mass is 10.1. The number of rotatable bonds is 6. The van der Waals surface area contributed by atoms with Crippen LogP contribution in [0.1, 0.15) is 11.4 Å². The van der Waals surface area contributed by atoms with Crippen LogP contribution in [0.15, 0.2) is 209 Å².